The topological polar surface area (TPSA) is 102 Å². The van der Waals surface area contributed by atoms with Crippen molar-refractivity contribution in [3.8, 4) is 0 Å². The van der Waals surface area contributed by atoms with Gasteiger partial charge in [-0.1, -0.05) is 23.4 Å². The van der Waals surface area contributed by atoms with Gasteiger partial charge in [-0.15, -0.1) is 5.48 Å². The Labute approximate surface area is 185 Å². The summed E-state index contributed by atoms with van der Waals surface area (Å²) in [5.41, 5.74) is 7.79. The highest BCUT2D eigenvalue weighted by atomic mass is 16.7. The highest BCUT2D eigenvalue weighted by Crippen LogP contribution is 2.32. The molecule has 1 atom stereocenters. The van der Waals surface area contributed by atoms with Crippen LogP contribution < -0.4 is 10.8 Å². The first-order chi connectivity index (χ1) is 15.6. The fourth-order valence-electron chi connectivity index (χ4n) is 3.77. The second-order valence-electron chi connectivity index (χ2n) is 7.87. The molecule has 32 heavy (non-hydrogen) atoms. The van der Waals surface area contributed by atoms with E-state index in [1.165, 1.54) is 0 Å². The average Bonchev–Trinajstić information content (AvgIpc) is 3.42. The zero-order valence-corrected chi connectivity index (χ0v) is 17.9. The lowest BCUT2D eigenvalue weighted by atomic mass is 9.83. The van der Waals surface area contributed by atoms with Crippen LogP contribution in [0.1, 0.15) is 47.5 Å². The Morgan fingerprint density at radius 2 is 2.22 bits per heavy atom. The highest BCUT2D eigenvalue weighted by molar-refractivity contribution is 6.04. The number of benzene rings is 1. The summed E-state index contributed by atoms with van der Waals surface area (Å²) in [6.07, 6.45) is 4.66. The van der Waals surface area contributed by atoms with Crippen molar-refractivity contribution in [1.29, 1.82) is 0 Å². The summed E-state index contributed by atoms with van der Waals surface area (Å²) in [6.45, 7) is 4.43. The lowest BCUT2D eigenvalue weighted by molar-refractivity contribution is 0.102. The fraction of sp³-hybridized carbons (Fsp3) is 0.304. The molecule has 1 aromatic carbocycles. The average molecular weight is 432 g/mol. The Balaban J connectivity index is 1.30. The normalized spacial score (nSPS) is 19.8. The van der Waals surface area contributed by atoms with Crippen molar-refractivity contribution in [2.24, 2.45) is 16.1 Å². The fourth-order valence-corrected chi connectivity index (χ4v) is 3.77. The van der Waals surface area contributed by atoms with E-state index in [0.29, 0.717) is 18.2 Å². The molecule has 5 rings (SSSR count). The van der Waals surface area contributed by atoms with Crippen molar-refractivity contribution < 1.29 is 14.5 Å². The molecule has 0 spiro atoms. The van der Waals surface area contributed by atoms with Crippen molar-refractivity contribution >= 4 is 28.9 Å². The molecule has 1 aliphatic heterocycles. The van der Waals surface area contributed by atoms with E-state index in [1.807, 2.05) is 56.4 Å². The van der Waals surface area contributed by atoms with Gasteiger partial charge in [0, 0.05) is 30.6 Å². The molecule has 9 heteroatoms. The third-order valence-electron chi connectivity index (χ3n) is 5.64. The SMILES string of the molecule is CCON=C1CC(C2=NC(c3ccc(C)c(NC(=O)c4cnc5ccccn45)c3)NO2)C1. The predicted molar refractivity (Wildman–Crippen MR) is 121 cm³/mol. The molecule has 0 bridgehead atoms. The summed E-state index contributed by atoms with van der Waals surface area (Å²) in [5, 5.41) is 7.08. The first-order valence-corrected chi connectivity index (χ1v) is 10.6. The van der Waals surface area contributed by atoms with Crippen molar-refractivity contribution in [1.82, 2.24) is 14.9 Å². The minimum absolute atomic E-state index is 0.214. The zero-order valence-electron chi connectivity index (χ0n) is 17.9. The summed E-state index contributed by atoms with van der Waals surface area (Å²) < 4.78 is 1.76. The van der Waals surface area contributed by atoms with Gasteiger partial charge < -0.3 is 15.0 Å². The number of aromatic nitrogens is 2. The summed E-state index contributed by atoms with van der Waals surface area (Å²) in [5.74, 6) is 0.674. The molecular formula is C23H24N6O3. The lowest BCUT2D eigenvalue weighted by Crippen LogP contribution is -2.32. The van der Waals surface area contributed by atoms with Gasteiger partial charge in [-0.2, -0.15) is 0 Å². The number of pyridine rings is 1. The van der Waals surface area contributed by atoms with Crippen LogP contribution in [0.4, 0.5) is 5.69 Å². The van der Waals surface area contributed by atoms with Crippen molar-refractivity contribution in [3.05, 3.63) is 65.6 Å². The summed E-state index contributed by atoms with van der Waals surface area (Å²) in [6, 6.07) is 11.5. The van der Waals surface area contributed by atoms with Crippen LogP contribution in [0.15, 0.2) is 58.9 Å². The van der Waals surface area contributed by atoms with Gasteiger partial charge in [0.05, 0.1) is 11.9 Å². The number of hydrogen-bond acceptors (Lipinski definition) is 7. The van der Waals surface area contributed by atoms with Gasteiger partial charge in [-0.3, -0.25) is 9.20 Å². The van der Waals surface area contributed by atoms with Gasteiger partial charge in [0.25, 0.3) is 5.91 Å². The Morgan fingerprint density at radius 1 is 1.34 bits per heavy atom. The Hall–Kier alpha value is -3.72. The number of amides is 1. The molecule has 1 aliphatic carbocycles. The number of imidazole rings is 1. The first kappa shape index (κ1) is 20.2. The van der Waals surface area contributed by atoms with E-state index >= 15 is 0 Å². The number of rotatable bonds is 6. The van der Waals surface area contributed by atoms with Crippen LogP contribution in [0, 0.1) is 12.8 Å². The molecule has 0 saturated heterocycles. The molecule has 1 fully saturated rings. The van der Waals surface area contributed by atoms with E-state index < -0.39 is 0 Å². The number of nitrogens with zero attached hydrogens (tertiary/aromatic N) is 4. The van der Waals surface area contributed by atoms with E-state index in [2.05, 4.69) is 20.9 Å². The molecule has 2 aromatic heterocycles. The second-order valence-corrected chi connectivity index (χ2v) is 7.87. The van der Waals surface area contributed by atoms with Gasteiger partial charge in [0.2, 0.25) is 5.90 Å². The molecule has 3 heterocycles. The van der Waals surface area contributed by atoms with Crippen LogP contribution in [0.25, 0.3) is 5.65 Å². The molecule has 2 N–H and O–H groups in total. The maximum Gasteiger partial charge on any atom is 0.274 e. The molecule has 3 aromatic rings. The van der Waals surface area contributed by atoms with Gasteiger partial charge >= 0.3 is 0 Å². The smallest absolute Gasteiger partial charge is 0.274 e. The number of aryl methyl sites for hydroxylation is 1. The van der Waals surface area contributed by atoms with Crippen LogP contribution in [-0.4, -0.2) is 33.5 Å². The predicted octanol–water partition coefficient (Wildman–Crippen LogP) is 3.63. The first-order valence-electron chi connectivity index (χ1n) is 10.6. The van der Waals surface area contributed by atoms with Crippen LogP contribution >= 0.6 is 0 Å². The maximum atomic E-state index is 12.9. The molecule has 0 radical (unpaired) electrons. The molecule has 9 nitrogen and oxygen atoms in total. The number of anilines is 1. The number of hydrogen-bond donors (Lipinski definition) is 2. The quantitative estimate of drug-likeness (QED) is 0.579. The van der Waals surface area contributed by atoms with E-state index in [-0.39, 0.29) is 18.0 Å². The number of fused-ring (bicyclic) bond motifs is 1. The maximum absolute atomic E-state index is 12.9. The number of carbonyl (C=O) groups excluding carboxylic acids is 1. The summed E-state index contributed by atoms with van der Waals surface area (Å²) in [4.78, 5) is 32.6. The number of aliphatic imine (C=N–C) groups is 1. The Bertz CT molecular complexity index is 1220. The number of hydroxylamine groups is 1. The van der Waals surface area contributed by atoms with Gasteiger partial charge in [-0.05, 0) is 43.2 Å². The van der Waals surface area contributed by atoms with Crippen molar-refractivity contribution in [3.63, 3.8) is 0 Å². The van der Waals surface area contributed by atoms with Gasteiger partial charge in [0.1, 0.15) is 17.9 Å². The lowest BCUT2D eigenvalue weighted by Gasteiger charge is -2.25. The summed E-state index contributed by atoms with van der Waals surface area (Å²) in [7, 11) is 0. The highest BCUT2D eigenvalue weighted by Gasteiger charge is 2.35. The third kappa shape index (κ3) is 3.82. The van der Waals surface area contributed by atoms with Gasteiger partial charge in [0.15, 0.2) is 6.17 Å². The molecule has 1 amide bonds. The standard InChI is InChI=1S/C23H24N6O3/c1-3-31-27-17-10-16(11-17)23-26-21(28-32-23)15-8-7-14(2)18(12-15)25-22(30)19-13-24-20-6-4-5-9-29(19)20/h4-9,12-13,16,21,28H,3,10-11H2,1-2H3,(H,25,30). The van der Waals surface area contributed by atoms with Gasteiger partial charge in [-0.25, -0.2) is 9.98 Å². The number of nitrogens with one attached hydrogen (secondary N) is 2. The minimum Gasteiger partial charge on any atom is -0.396 e. The van der Waals surface area contributed by atoms with E-state index in [4.69, 9.17) is 14.7 Å². The van der Waals surface area contributed by atoms with Crippen LogP contribution in [-0.2, 0) is 9.68 Å². The van der Waals surface area contributed by atoms with E-state index in [1.54, 1.807) is 10.6 Å². The Kier molecular flexibility index (Phi) is 5.32. The molecule has 164 valence electrons. The Morgan fingerprint density at radius 3 is 3.06 bits per heavy atom. The molecule has 1 saturated carbocycles. The largest absolute Gasteiger partial charge is 0.396 e. The number of carbonyl (C=O) groups is 1. The van der Waals surface area contributed by atoms with Crippen LogP contribution in [0.5, 0.6) is 0 Å². The van der Waals surface area contributed by atoms with Crippen molar-refractivity contribution in [2.75, 3.05) is 11.9 Å². The zero-order chi connectivity index (χ0) is 22.1. The monoisotopic (exact) mass is 432 g/mol. The minimum atomic E-state index is -0.329. The summed E-state index contributed by atoms with van der Waals surface area (Å²) >= 11 is 0. The second kappa shape index (κ2) is 8.43. The third-order valence-corrected chi connectivity index (χ3v) is 5.64. The van der Waals surface area contributed by atoms with E-state index in [0.717, 1.165) is 41.0 Å². The van der Waals surface area contributed by atoms with Crippen LogP contribution in [0.2, 0.25) is 0 Å². The van der Waals surface area contributed by atoms with E-state index in [9.17, 15) is 4.79 Å². The number of oxime groups is 1. The molecule has 2 aliphatic rings. The van der Waals surface area contributed by atoms with Crippen molar-refractivity contribution in [2.45, 2.75) is 32.9 Å². The van der Waals surface area contributed by atoms with Crippen LogP contribution in [0.3, 0.4) is 0 Å². The molecule has 1 unspecified atom stereocenters. The molecular weight excluding hydrogens is 408 g/mol.